The molecule has 0 saturated carbocycles. The molecule has 0 aromatic heterocycles. The van der Waals surface area contributed by atoms with Gasteiger partial charge in [-0.15, -0.1) is 0 Å². The number of hydrogen-bond acceptors (Lipinski definition) is 9. The molecule has 1 amide bonds. The maximum atomic E-state index is 13.0. The molecular weight excluding hydrogens is 759 g/mol. The maximum Gasteiger partial charge on any atom is 0.220 e. The van der Waals surface area contributed by atoms with Crippen LogP contribution < -0.4 is 5.32 Å². The molecule has 7 N–H and O–H groups in total. The fraction of sp³-hybridized carbons (Fsp3) is 0.980. The highest BCUT2D eigenvalue weighted by molar-refractivity contribution is 5.76. The van der Waals surface area contributed by atoms with Crippen LogP contribution in [0.25, 0.3) is 0 Å². The molecule has 0 radical (unpaired) electrons. The van der Waals surface area contributed by atoms with Crippen LogP contribution in [0.5, 0.6) is 0 Å². The van der Waals surface area contributed by atoms with Crippen molar-refractivity contribution in [2.45, 2.75) is 300 Å². The third kappa shape index (κ3) is 30.3. The summed E-state index contributed by atoms with van der Waals surface area (Å²) in [5.41, 5.74) is 0. The van der Waals surface area contributed by atoms with Gasteiger partial charge in [0.05, 0.1) is 25.4 Å². The lowest BCUT2D eigenvalue weighted by atomic mass is 9.98. The van der Waals surface area contributed by atoms with E-state index in [1.165, 1.54) is 186 Å². The molecule has 8 atom stereocenters. The Bertz CT molecular complexity index is 926. The zero-order chi connectivity index (χ0) is 43.9. The van der Waals surface area contributed by atoms with E-state index in [0.29, 0.717) is 6.42 Å². The predicted molar refractivity (Wildman–Crippen MR) is 246 cm³/mol. The van der Waals surface area contributed by atoms with Crippen LogP contribution in [0.3, 0.4) is 0 Å². The molecular formula is C50H99NO9. The van der Waals surface area contributed by atoms with Crippen molar-refractivity contribution in [1.29, 1.82) is 0 Å². The number of nitrogens with one attached hydrogen (secondary N) is 1. The van der Waals surface area contributed by atoms with Crippen LogP contribution >= 0.6 is 0 Å². The van der Waals surface area contributed by atoms with E-state index < -0.39 is 55.6 Å². The Balaban J connectivity index is 2.26. The summed E-state index contributed by atoms with van der Waals surface area (Å²) in [6.07, 6.45) is 35.5. The van der Waals surface area contributed by atoms with Crippen LogP contribution in [-0.2, 0) is 14.3 Å². The molecule has 1 fully saturated rings. The summed E-state index contributed by atoms with van der Waals surface area (Å²) in [6, 6.07) is -0.985. The van der Waals surface area contributed by atoms with Crippen LogP contribution in [0, 0.1) is 0 Å². The van der Waals surface area contributed by atoms with Crippen molar-refractivity contribution in [3.8, 4) is 0 Å². The second-order valence-corrected chi connectivity index (χ2v) is 18.5. The van der Waals surface area contributed by atoms with Gasteiger partial charge in [0.2, 0.25) is 5.91 Å². The van der Waals surface area contributed by atoms with Gasteiger partial charge >= 0.3 is 0 Å². The van der Waals surface area contributed by atoms with E-state index in [1.807, 2.05) is 0 Å². The number of ether oxygens (including phenoxy) is 2. The Morgan fingerprint density at radius 1 is 0.517 bits per heavy atom. The molecule has 0 aromatic rings. The highest BCUT2D eigenvalue weighted by atomic mass is 16.7. The molecule has 0 aliphatic carbocycles. The molecule has 10 heteroatoms. The number of amides is 1. The normalized spacial score (nSPS) is 21.0. The lowest BCUT2D eigenvalue weighted by Gasteiger charge is -2.40. The molecule has 0 bridgehead atoms. The van der Waals surface area contributed by atoms with E-state index in [-0.39, 0.29) is 18.9 Å². The van der Waals surface area contributed by atoms with Gasteiger partial charge in [-0.05, 0) is 12.8 Å². The Kier molecular flexibility index (Phi) is 39.0. The minimum atomic E-state index is -1.60. The van der Waals surface area contributed by atoms with Crippen LogP contribution in [-0.4, -0.2) is 98.7 Å². The molecule has 0 spiro atoms. The van der Waals surface area contributed by atoms with E-state index in [0.717, 1.165) is 38.5 Å². The molecule has 1 heterocycles. The average Bonchev–Trinajstić information content (AvgIpc) is 3.25. The van der Waals surface area contributed by atoms with Gasteiger partial charge in [-0.3, -0.25) is 4.79 Å². The van der Waals surface area contributed by atoms with E-state index in [9.17, 15) is 35.4 Å². The second kappa shape index (κ2) is 40.9. The van der Waals surface area contributed by atoms with E-state index in [2.05, 4.69) is 19.2 Å². The summed E-state index contributed by atoms with van der Waals surface area (Å²) in [6.45, 7) is 3.63. The Hall–Kier alpha value is -0.850. The topological polar surface area (TPSA) is 169 Å². The molecule has 2 unspecified atom stereocenters. The summed E-state index contributed by atoms with van der Waals surface area (Å²) in [5, 5.41) is 65.3. The summed E-state index contributed by atoms with van der Waals surface area (Å²) in [5.74, 6) is -0.252. The summed E-state index contributed by atoms with van der Waals surface area (Å²) < 4.78 is 11.2. The van der Waals surface area contributed by atoms with Crippen LogP contribution in [0.2, 0.25) is 0 Å². The fourth-order valence-electron chi connectivity index (χ4n) is 8.61. The molecule has 10 nitrogen and oxygen atoms in total. The summed E-state index contributed by atoms with van der Waals surface area (Å²) in [4.78, 5) is 13.0. The van der Waals surface area contributed by atoms with Gasteiger partial charge in [0, 0.05) is 6.42 Å². The first-order valence-corrected chi connectivity index (χ1v) is 25.8. The summed E-state index contributed by atoms with van der Waals surface area (Å²) >= 11 is 0. The molecule has 0 aromatic carbocycles. The standard InChI is InChI=1S/C50H99NO9/c1-3-5-7-9-11-13-15-17-18-19-20-21-22-23-24-25-26-27-29-31-33-35-37-39-45(54)51-42(41-59-50-49(58)48(57)47(56)44(40-52)60-50)46(55)43(53)38-36-34-32-30-28-16-14-12-10-8-6-4-2/h42-44,46-50,52-53,55-58H,3-41H2,1-2H3,(H,51,54)/t42-,43-,44?,46-,47-,48+,49?,50-/m0/s1. The van der Waals surface area contributed by atoms with Gasteiger partial charge in [0.25, 0.3) is 0 Å². The highest BCUT2D eigenvalue weighted by Gasteiger charge is 2.44. The van der Waals surface area contributed by atoms with E-state index in [1.54, 1.807) is 0 Å². The Morgan fingerprint density at radius 2 is 0.867 bits per heavy atom. The van der Waals surface area contributed by atoms with Gasteiger partial charge in [0.1, 0.15) is 30.5 Å². The lowest BCUT2D eigenvalue weighted by Crippen LogP contribution is -2.60. The Morgan fingerprint density at radius 3 is 1.23 bits per heavy atom. The molecule has 1 rings (SSSR count). The first kappa shape index (κ1) is 57.2. The first-order valence-electron chi connectivity index (χ1n) is 25.8. The smallest absolute Gasteiger partial charge is 0.220 e. The predicted octanol–water partition coefficient (Wildman–Crippen LogP) is 10.5. The van der Waals surface area contributed by atoms with Crippen LogP contribution in [0.1, 0.15) is 251 Å². The van der Waals surface area contributed by atoms with Crippen molar-refractivity contribution in [1.82, 2.24) is 5.32 Å². The zero-order valence-corrected chi connectivity index (χ0v) is 39.1. The monoisotopic (exact) mass is 858 g/mol. The van der Waals surface area contributed by atoms with Crippen molar-refractivity contribution in [3.05, 3.63) is 0 Å². The first-order chi connectivity index (χ1) is 29.3. The molecule has 1 saturated heterocycles. The number of aliphatic hydroxyl groups is 6. The molecule has 358 valence electrons. The van der Waals surface area contributed by atoms with Crippen LogP contribution in [0.4, 0.5) is 0 Å². The minimum absolute atomic E-state index is 0.252. The number of carbonyl (C=O) groups excluding carboxylic acids is 1. The third-order valence-electron chi connectivity index (χ3n) is 12.8. The van der Waals surface area contributed by atoms with E-state index >= 15 is 0 Å². The molecule has 1 aliphatic rings. The number of aliphatic hydroxyl groups excluding tert-OH is 6. The van der Waals surface area contributed by atoms with Gasteiger partial charge in [0.15, 0.2) is 6.29 Å². The SMILES string of the molecule is CCCCCCCCCCCCCCCCCCCCCCCCCC(=O)N[C@@H](CO[C@H]1OC(CO)[C@H](O)[C@@H](O)C1O)[C@H](O)[C@@H](O)CCCCCCCCCCCCCC. The van der Waals surface area contributed by atoms with Crippen molar-refractivity contribution < 1.29 is 44.9 Å². The highest BCUT2D eigenvalue weighted by Crippen LogP contribution is 2.23. The average molecular weight is 858 g/mol. The maximum absolute atomic E-state index is 13.0. The largest absolute Gasteiger partial charge is 0.394 e. The van der Waals surface area contributed by atoms with Gasteiger partial charge in [-0.2, -0.15) is 0 Å². The number of carbonyl (C=O) groups is 1. The fourth-order valence-corrected chi connectivity index (χ4v) is 8.61. The molecule has 1 aliphatic heterocycles. The zero-order valence-electron chi connectivity index (χ0n) is 39.1. The van der Waals surface area contributed by atoms with Gasteiger partial charge in [-0.25, -0.2) is 0 Å². The van der Waals surface area contributed by atoms with Crippen LogP contribution in [0.15, 0.2) is 0 Å². The number of unbranched alkanes of at least 4 members (excludes halogenated alkanes) is 33. The second-order valence-electron chi connectivity index (χ2n) is 18.5. The van der Waals surface area contributed by atoms with Crippen molar-refractivity contribution in [3.63, 3.8) is 0 Å². The van der Waals surface area contributed by atoms with Crippen molar-refractivity contribution in [2.24, 2.45) is 0 Å². The third-order valence-corrected chi connectivity index (χ3v) is 12.8. The minimum Gasteiger partial charge on any atom is -0.394 e. The van der Waals surface area contributed by atoms with E-state index in [4.69, 9.17) is 9.47 Å². The van der Waals surface area contributed by atoms with Crippen molar-refractivity contribution >= 4 is 5.91 Å². The van der Waals surface area contributed by atoms with Gasteiger partial charge in [-0.1, -0.05) is 232 Å². The number of rotatable bonds is 44. The van der Waals surface area contributed by atoms with Gasteiger partial charge < -0.3 is 45.4 Å². The summed E-state index contributed by atoms with van der Waals surface area (Å²) in [7, 11) is 0. The Labute approximate surface area is 368 Å². The lowest BCUT2D eigenvalue weighted by molar-refractivity contribution is -0.303. The van der Waals surface area contributed by atoms with Crippen molar-refractivity contribution in [2.75, 3.05) is 13.2 Å². The molecule has 60 heavy (non-hydrogen) atoms. The quantitative estimate of drug-likeness (QED) is 0.0295. The number of hydrogen-bond donors (Lipinski definition) is 7.